The van der Waals surface area contributed by atoms with Gasteiger partial charge in [-0.05, 0) is 18.1 Å². The summed E-state index contributed by atoms with van der Waals surface area (Å²) in [6.45, 7) is 4.37. The summed E-state index contributed by atoms with van der Waals surface area (Å²) in [5.74, 6) is 0.841. The van der Waals surface area contributed by atoms with Crippen LogP contribution in [-0.2, 0) is 9.59 Å². The quantitative estimate of drug-likeness (QED) is 0.749. The van der Waals surface area contributed by atoms with E-state index in [0.717, 1.165) is 0 Å². The minimum atomic E-state index is -0.361. The molecule has 0 aliphatic carbocycles. The second-order valence-corrected chi connectivity index (χ2v) is 4.91. The smallest absolute Gasteiger partial charge is 0.258 e. The Morgan fingerprint density at radius 1 is 1.10 bits per heavy atom. The number of nitrogens with one attached hydrogen (secondary N) is 2. The van der Waals surface area contributed by atoms with E-state index in [9.17, 15) is 9.59 Å². The molecule has 6 heteroatoms. The van der Waals surface area contributed by atoms with Crippen molar-refractivity contribution in [1.82, 2.24) is 10.6 Å². The maximum absolute atomic E-state index is 11.6. The Bertz CT molecular complexity index is 474. The van der Waals surface area contributed by atoms with Crippen molar-refractivity contribution in [3.05, 3.63) is 24.3 Å². The standard InChI is InChI=1S/C15H22N2O4/c1-11(2)8-16-14(18)9-17-15(19)10-21-13-7-5-4-6-12(13)20-3/h4-7,11H,8-10H2,1-3H3,(H,16,18)(H,17,19). The lowest BCUT2D eigenvalue weighted by atomic mass is 10.2. The molecule has 21 heavy (non-hydrogen) atoms. The molecule has 0 saturated carbocycles. The Morgan fingerprint density at radius 2 is 1.76 bits per heavy atom. The van der Waals surface area contributed by atoms with Crippen LogP contribution in [0.15, 0.2) is 24.3 Å². The molecular weight excluding hydrogens is 272 g/mol. The van der Waals surface area contributed by atoms with Crippen LogP contribution < -0.4 is 20.1 Å². The molecule has 0 fully saturated rings. The van der Waals surface area contributed by atoms with Crippen molar-refractivity contribution in [2.75, 3.05) is 26.8 Å². The van der Waals surface area contributed by atoms with Gasteiger partial charge < -0.3 is 20.1 Å². The minimum Gasteiger partial charge on any atom is -0.493 e. The summed E-state index contributed by atoms with van der Waals surface area (Å²) in [6.07, 6.45) is 0. The third-order valence-corrected chi connectivity index (χ3v) is 2.58. The van der Waals surface area contributed by atoms with Crippen LogP contribution in [0.1, 0.15) is 13.8 Å². The van der Waals surface area contributed by atoms with Gasteiger partial charge in [-0.15, -0.1) is 0 Å². The Kier molecular flexibility index (Phi) is 7.08. The number of carbonyl (C=O) groups excluding carboxylic acids is 2. The number of hydrogen-bond acceptors (Lipinski definition) is 4. The van der Waals surface area contributed by atoms with Gasteiger partial charge in [0.2, 0.25) is 5.91 Å². The third kappa shape index (κ3) is 6.65. The molecule has 0 radical (unpaired) electrons. The van der Waals surface area contributed by atoms with Gasteiger partial charge in [-0.1, -0.05) is 26.0 Å². The lowest BCUT2D eigenvalue weighted by molar-refractivity contribution is -0.127. The molecule has 116 valence electrons. The minimum absolute atomic E-state index is 0.0547. The van der Waals surface area contributed by atoms with Crippen molar-refractivity contribution < 1.29 is 19.1 Å². The van der Waals surface area contributed by atoms with Crippen LogP contribution in [0.5, 0.6) is 11.5 Å². The highest BCUT2D eigenvalue weighted by Gasteiger charge is 2.08. The van der Waals surface area contributed by atoms with Gasteiger partial charge in [-0.2, -0.15) is 0 Å². The Hall–Kier alpha value is -2.24. The van der Waals surface area contributed by atoms with Gasteiger partial charge in [0.05, 0.1) is 13.7 Å². The number of para-hydroxylation sites is 2. The summed E-state index contributed by atoms with van der Waals surface area (Å²) < 4.78 is 10.5. The van der Waals surface area contributed by atoms with Crippen molar-refractivity contribution in [3.63, 3.8) is 0 Å². The lowest BCUT2D eigenvalue weighted by Gasteiger charge is -2.11. The van der Waals surface area contributed by atoms with E-state index in [4.69, 9.17) is 9.47 Å². The first-order valence-corrected chi connectivity index (χ1v) is 6.82. The summed E-state index contributed by atoms with van der Waals surface area (Å²) in [4.78, 5) is 23.0. The van der Waals surface area contributed by atoms with Gasteiger partial charge in [0.1, 0.15) is 0 Å². The zero-order chi connectivity index (χ0) is 15.7. The zero-order valence-corrected chi connectivity index (χ0v) is 12.6. The van der Waals surface area contributed by atoms with Crippen LogP contribution in [0, 0.1) is 5.92 Å². The molecule has 0 aliphatic rings. The molecule has 6 nitrogen and oxygen atoms in total. The van der Waals surface area contributed by atoms with Crippen molar-refractivity contribution in [2.24, 2.45) is 5.92 Å². The number of rotatable bonds is 8. The number of hydrogen-bond donors (Lipinski definition) is 2. The normalized spacial score (nSPS) is 10.1. The first-order chi connectivity index (χ1) is 10.0. The first kappa shape index (κ1) is 16.8. The van der Waals surface area contributed by atoms with E-state index in [1.54, 1.807) is 18.2 Å². The largest absolute Gasteiger partial charge is 0.493 e. The SMILES string of the molecule is COc1ccccc1OCC(=O)NCC(=O)NCC(C)C. The molecule has 0 aliphatic heterocycles. The van der Waals surface area contributed by atoms with Gasteiger partial charge in [0.25, 0.3) is 5.91 Å². The average Bonchev–Trinajstić information content (AvgIpc) is 2.49. The van der Waals surface area contributed by atoms with Gasteiger partial charge in [0.15, 0.2) is 18.1 Å². The van der Waals surface area contributed by atoms with E-state index in [0.29, 0.717) is 24.0 Å². The van der Waals surface area contributed by atoms with E-state index in [-0.39, 0.29) is 25.0 Å². The topological polar surface area (TPSA) is 76.7 Å². The van der Waals surface area contributed by atoms with Crippen LogP contribution in [0.4, 0.5) is 0 Å². The summed E-state index contributed by atoms with van der Waals surface area (Å²) in [5, 5.41) is 5.21. The molecule has 2 amide bonds. The van der Waals surface area contributed by atoms with E-state index >= 15 is 0 Å². The third-order valence-electron chi connectivity index (χ3n) is 2.58. The molecule has 0 saturated heterocycles. The molecule has 0 aromatic heterocycles. The molecule has 0 bridgehead atoms. The highest BCUT2D eigenvalue weighted by atomic mass is 16.5. The molecule has 2 N–H and O–H groups in total. The number of methoxy groups -OCH3 is 1. The molecule has 1 rings (SSSR count). The van der Waals surface area contributed by atoms with Crippen molar-refractivity contribution in [3.8, 4) is 11.5 Å². The Labute approximate surface area is 124 Å². The van der Waals surface area contributed by atoms with Gasteiger partial charge in [-0.3, -0.25) is 9.59 Å². The fourth-order valence-electron chi connectivity index (χ4n) is 1.49. The fourth-order valence-corrected chi connectivity index (χ4v) is 1.49. The highest BCUT2D eigenvalue weighted by Crippen LogP contribution is 2.25. The van der Waals surface area contributed by atoms with Crippen molar-refractivity contribution in [1.29, 1.82) is 0 Å². The second-order valence-electron chi connectivity index (χ2n) is 4.91. The number of amides is 2. The predicted octanol–water partition coefficient (Wildman–Crippen LogP) is 0.962. The maximum atomic E-state index is 11.6. The molecule has 1 aromatic rings. The second kappa shape index (κ2) is 8.84. The van der Waals surface area contributed by atoms with Crippen molar-refractivity contribution in [2.45, 2.75) is 13.8 Å². The molecule has 0 atom stereocenters. The van der Waals surface area contributed by atoms with E-state index < -0.39 is 0 Å². The van der Waals surface area contributed by atoms with Crippen LogP contribution in [0.3, 0.4) is 0 Å². The molecular formula is C15H22N2O4. The summed E-state index contributed by atoms with van der Waals surface area (Å²) in [5.41, 5.74) is 0. The van der Waals surface area contributed by atoms with Crippen LogP contribution in [-0.4, -0.2) is 38.6 Å². The van der Waals surface area contributed by atoms with Gasteiger partial charge >= 0.3 is 0 Å². The van der Waals surface area contributed by atoms with Crippen LogP contribution in [0.2, 0.25) is 0 Å². The van der Waals surface area contributed by atoms with E-state index in [1.165, 1.54) is 7.11 Å². The summed E-state index contributed by atoms with van der Waals surface area (Å²) in [7, 11) is 1.53. The molecule has 1 aromatic carbocycles. The molecule has 0 spiro atoms. The molecule has 0 heterocycles. The molecule has 0 unspecified atom stereocenters. The lowest BCUT2D eigenvalue weighted by Crippen LogP contribution is -2.39. The predicted molar refractivity (Wildman–Crippen MR) is 79.3 cm³/mol. The Morgan fingerprint density at radius 3 is 2.38 bits per heavy atom. The number of benzene rings is 1. The number of ether oxygens (including phenoxy) is 2. The highest BCUT2D eigenvalue weighted by molar-refractivity contribution is 5.85. The Balaban J connectivity index is 2.29. The summed E-state index contributed by atoms with van der Waals surface area (Å²) in [6, 6.07) is 7.05. The van der Waals surface area contributed by atoms with Crippen LogP contribution in [0.25, 0.3) is 0 Å². The van der Waals surface area contributed by atoms with Gasteiger partial charge in [0, 0.05) is 6.54 Å². The first-order valence-electron chi connectivity index (χ1n) is 6.82. The average molecular weight is 294 g/mol. The van der Waals surface area contributed by atoms with E-state index in [2.05, 4.69) is 10.6 Å². The van der Waals surface area contributed by atoms with Crippen molar-refractivity contribution >= 4 is 11.8 Å². The maximum Gasteiger partial charge on any atom is 0.258 e. The fraction of sp³-hybridized carbons (Fsp3) is 0.467. The summed E-state index contributed by atoms with van der Waals surface area (Å²) >= 11 is 0. The monoisotopic (exact) mass is 294 g/mol. The van der Waals surface area contributed by atoms with Gasteiger partial charge in [-0.25, -0.2) is 0 Å². The van der Waals surface area contributed by atoms with E-state index in [1.807, 2.05) is 19.9 Å². The zero-order valence-electron chi connectivity index (χ0n) is 12.6. The number of carbonyl (C=O) groups is 2. The van der Waals surface area contributed by atoms with Crippen LogP contribution >= 0.6 is 0 Å².